The van der Waals surface area contributed by atoms with E-state index in [2.05, 4.69) is 5.32 Å². The Morgan fingerprint density at radius 2 is 1.46 bits per heavy atom. The summed E-state index contributed by atoms with van der Waals surface area (Å²) in [6.45, 7) is -0.618. The highest BCUT2D eigenvalue weighted by Crippen LogP contribution is 2.38. The lowest BCUT2D eigenvalue weighted by Gasteiger charge is -2.25. The zero-order chi connectivity index (χ0) is 28.7. The number of nitrogens with zero attached hydrogens (tertiary/aromatic N) is 1. The number of carbonyl (C=O) groups is 1. The molecule has 3 rings (SSSR count). The van der Waals surface area contributed by atoms with Crippen LogP contribution in [0.25, 0.3) is 0 Å². The fraction of sp³-hybridized carbons (Fsp3) is 0.269. The van der Waals surface area contributed by atoms with Gasteiger partial charge in [-0.25, -0.2) is 12.8 Å². The molecule has 0 saturated carbocycles. The van der Waals surface area contributed by atoms with Crippen LogP contribution in [0.2, 0.25) is 5.02 Å². The quantitative estimate of drug-likeness (QED) is 0.341. The molecular weight excluding hydrogens is 555 g/mol. The molecule has 0 aliphatic rings. The monoisotopic (exact) mass is 582 g/mol. The van der Waals surface area contributed by atoms with E-state index in [-0.39, 0.29) is 27.9 Å². The lowest BCUT2D eigenvalue weighted by Crippen LogP contribution is -2.40. The van der Waals surface area contributed by atoms with Gasteiger partial charge >= 0.3 is 0 Å². The summed E-state index contributed by atoms with van der Waals surface area (Å²) >= 11 is 5.93. The minimum absolute atomic E-state index is 0.0147. The number of carbonyl (C=O) groups excluding carboxylic acids is 1. The molecule has 1 amide bonds. The van der Waals surface area contributed by atoms with Crippen LogP contribution in [0, 0.1) is 5.82 Å². The number of hydrogen-bond donors (Lipinski definition) is 1. The molecule has 0 aromatic heterocycles. The third-order valence-electron chi connectivity index (χ3n) is 5.64. The van der Waals surface area contributed by atoms with Crippen molar-refractivity contribution in [1.82, 2.24) is 5.32 Å². The van der Waals surface area contributed by atoms with E-state index >= 15 is 0 Å². The third-order valence-corrected chi connectivity index (χ3v) is 7.70. The third kappa shape index (κ3) is 6.58. The molecule has 10 nitrogen and oxygen atoms in total. The first-order valence-electron chi connectivity index (χ1n) is 11.3. The van der Waals surface area contributed by atoms with Gasteiger partial charge in [-0.1, -0.05) is 11.6 Å². The summed E-state index contributed by atoms with van der Waals surface area (Å²) in [6.07, 6.45) is 0. The molecule has 0 radical (unpaired) electrons. The van der Waals surface area contributed by atoms with Crippen LogP contribution >= 0.6 is 11.6 Å². The van der Waals surface area contributed by atoms with Gasteiger partial charge in [-0.05, 0) is 48.0 Å². The van der Waals surface area contributed by atoms with Gasteiger partial charge in [0.05, 0.1) is 51.2 Å². The molecule has 0 heterocycles. The Morgan fingerprint density at radius 3 is 2.00 bits per heavy atom. The maximum absolute atomic E-state index is 13.9. The van der Waals surface area contributed by atoms with Crippen molar-refractivity contribution in [3.63, 3.8) is 0 Å². The highest BCUT2D eigenvalue weighted by atomic mass is 35.5. The van der Waals surface area contributed by atoms with Crippen LogP contribution in [0.3, 0.4) is 0 Å². The summed E-state index contributed by atoms with van der Waals surface area (Å²) < 4.78 is 68.5. The second kappa shape index (κ2) is 12.8. The number of hydrogen-bond acceptors (Lipinski definition) is 8. The number of benzene rings is 3. The number of nitrogens with one attached hydrogen (secondary N) is 1. The molecular formula is C26H28ClFN2O8S. The van der Waals surface area contributed by atoms with Gasteiger partial charge in [-0.3, -0.25) is 9.10 Å². The van der Waals surface area contributed by atoms with E-state index in [0.717, 1.165) is 16.4 Å². The summed E-state index contributed by atoms with van der Waals surface area (Å²) in [5.41, 5.74) is 0.594. The molecule has 0 aliphatic heterocycles. The van der Waals surface area contributed by atoms with Gasteiger partial charge in [0.2, 0.25) is 11.7 Å². The van der Waals surface area contributed by atoms with Gasteiger partial charge in [0.25, 0.3) is 10.0 Å². The van der Waals surface area contributed by atoms with Crippen LogP contribution in [0.15, 0.2) is 53.4 Å². The molecule has 0 spiro atoms. The fourth-order valence-electron chi connectivity index (χ4n) is 3.68. The van der Waals surface area contributed by atoms with E-state index in [4.69, 9.17) is 35.3 Å². The minimum atomic E-state index is -4.35. The van der Waals surface area contributed by atoms with Crippen LogP contribution in [-0.2, 0) is 21.4 Å². The molecule has 1 N–H and O–H groups in total. The highest BCUT2D eigenvalue weighted by Gasteiger charge is 2.29. The number of rotatable bonds is 12. The molecule has 3 aromatic rings. The predicted molar refractivity (Wildman–Crippen MR) is 143 cm³/mol. The first kappa shape index (κ1) is 29.7. The van der Waals surface area contributed by atoms with Crippen LogP contribution < -0.4 is 33.3 Å². The van der Waals surface area contributed by atoms with Gasteiger partial charge in [-0.2, -0.15) is 0 Å². The van der Waals surface area contributed by atoms with E-state index in [1.807, 2.05) is 0 Å². The molecule has 0 bridgehead atoms. The average molecular weight is 583 g/mol. The summed E-state index contributed by atoms with van der Waals surface area (Å²) in [5.74, 6) is 0.261. The smallest absolute Gasteiger partial charge is 0.264 e. The van der Waals surface area contributed by atoms with Crippen molar-refractivity contribution in [2.45, 2.75) is 11.4 Å². The molecule has 13 heteroatoms. The van der Waals surface area contributed by atoms with Gasteiger partial charge in [0.1, 0.15) is 12.4 Å². The Balaban J connectivity index is 1.94. The maximum atomic E-state index is 13.9. The molecule has 3 aromatic carbocycles. The molecule has 0 unspecified atom stereocenters. The number of amides is 1. The summed E-state index contributed by atoms with van der Waals surface area (Å²) in [5, 5.41) is 2.37. The molecule has 39 heavy (non-hydrogen) atoms. The van der Waals surface area contributed by atoms with Crippen molar-refractivity contribution in [3.8, 4) is 28.7 Å². The summed E-state index contributed by atoms with van der Waals surface area (Å²) in [6, 6.07) is 10.7. The number of sulfonamides is 1. The van der Waals surface area contributed by atoms with E-state index in [0.29, 0.717) is 28.6 Å². The largest absolute Gasteiger partial charge is 0.493 e. The Labute approximate surface area is 231 Å². The second-order valence-electron chi connectivity index (χ2n) is 7.94. The van der Waals surface area contributed by atoms with Crippen LogP contribution in [-0.4, -0.2) is 56.4 Å². The molecule has 0 atom stereocenters. The Morgan fingerprint density at radius 1 is 0.846 bits per heavy atom. The van der Waals surface area contributed by atoms with Gasteiger partial charge in [0.15, 0.2) is 23.0 Å². The Kier molecular flexibility index (Phi) is 9.71. The number of halogens is 2. The van der Waals surface area contributed by atoms with Crippen molar-refractivity contribution in [2.24, 2.45) is 0 Å². The molecule has 210 valence electrons. The zero-order valence-corrected chi connectivity index (χ0v) is 23.5. The van der Waals surface area contributed by atoms with E-state index in [1.165, 1.54) is 59.8 Å². The SMILES string of the molecule is COc1ccc(S(=O)(=O)N(CC(=O)NCc2cc(OC)c(OC)c(OC)c2)c2ccc(F)c(Cl)c2)cc1OC. The normalized spacial score (nSPS) is 10.9. The first-order chi connectivity index (χ1) is 18.6. The Bertz CT molecular complexity index is 1430. The number of ether oxygens (including phenoxy) is 5. The van der Waals surface area contributed by atoms with Crippen molar-refractivity contribution < 1.29 is 41.3 Å². The topological polar surface area (TPSA) is 113 Å². The van der Waals surface area contributed by atoms with Crippen molar-refractivity contribution >= 4 is 33.2 Å². The van der Waals surface area contributed by atoms with Crippen LogP contribution in [0.1, 0.15) is 5.56 Å². The number of methoxy groups -OCH3 is 5. The number of anilines is 1. The lowest BCUT2D eigenvalue weighted by molar-refractivity contribution is -0.119. The first-order valence-corrected chi connectivity index (χ1v) is 13.2. The Hall–Kier alpha value is -3.90. The standard InChI is InChI=1S/C26H28ClFN2O8S/c1-34-21-9-7-18(13-22(21)35-2)39(32,33)30(17-6-8-20(28)19(27)12-17)15-25(31)29-14-16-10-23(36-3)26(38-5)24(11-16)37-4/h6-13H,14-15H2,1-5H3,(H,29,31). The second-order valence-corrected chi connectivity index (χ2v) is 10.2. The van der Waals surface area contributed by atoms with E-state index in [1.54, 1.807) is 12.1 Å². The van der Waals surface area contributed by atoms with Gasteiger partial charge < -0.3 is 29.0 Å². The molecule has 0 aliphatic carbocycles. The maximum Gasteiger partial charge on any atom is 0.264 e. The predicted octanol–water partition coefficient (Wildman–Crippen LogP) is 4.03. The van der Waals surface area contributed by atoms with Gasteiger partial charge in [-0.15, -0.1) is 0 Å². The fourth-order valence-corrected chi connectivity index (χ4v) is 5.29. The molecule has 0 saturated heterocycles. The average Bonchev–Trinajstić information content (AvgIpc) is 2.94. The minimum Gasteiger partial charge on any atom is -0.493 e. The van der Waals surface area contributed by atoms with Gasteiger partial charge in [0, 0.05) is 12.6 Å². The highest BCUT2D eigenvalue weighted by molar-refractivity contribution is 7.92. The van der Waals surface area contributed by atoms with E-state index < -0.39 is 28.3 Å². The van der Waals surface area contributed by atoms with Crippen LogP contribution in [0.4, 0.5) is 10.1 Å². The zero-order valence-electron chi connectivity index (χ0n) is 21.9. The summed E-state index contributed by atoms with van der Waals surface area (Å²) in [4.78, 5) is 12.8. The van der Waals surface area contributed by atoms with Crippen LogP contribution in [0.5, 0.6) is 28.7 Å². The lowest BCUT2D eigenvalue weighted by atomic mass is 10.1. The molecule has 0 fully saturated rings. The summed E-state index contributed by atoms with van der Waals surface area (Å²) in [7, 11) is 2.82. The van der Waals surface area contributed by atoms with Crippen molar-refractivity contribution in [2.75, 3.05) is 46.4 Å². The van der Waals surface area contributed by atoms with Crippen molar-refractivity contribution in [1.29, 1.82) is 0 Å². The van der Waals surface area contributed by atoms with Crippen molar-refractivity contribution in [3.05, 3.63) is 64.9 Å². The van der Waals surface area contributed by atoms with E-state index in [9.17, 15) is 17.6 Å².